The molecule has 0 bridgehead atoms. The molecule has 21 heavy (non-hydrogen) atoms. The van der Waals surface area contributed by atoms with Crippen LogP contribution in [0.5, 0.6) is 0 Å². The van der Waals surface area contributed by atoms with Crippen molar-refractivity contribution >= 4 is 5.97 Å². The second-order valence-electron chi connectivity index (χ2n) is 7.01. The third-order valence-electron chi connectivity index (χ3n) is 3.61. The number of esters is 1. The van der Waals surface area contributed by atoms with Crippen molar-refractivity contribution < 1.29 is 9.53 Å². The van der Waals surface area contributed by atoms with Crippen LogP contribution in [0.15, 0.2) is 12.7 Å². The molecule has 0 aromatic rings. The first-order valence-electron chi connectivity index (χ1n) is 8.74. The van der Waals surface area contributed by atoms with Crippen LogP contribution in [0.4, 0.5) is 0 Å². The van der Waals surface area contributed by atoms with E-state index in [0.717, 1.165) is 38.5 Å². The van der Waals surface area contributed by atoms with E-state index in [-0.39, 0.29) is 17.5 Å². The molecule has 1 unspecified atom stereocenters. The van der Waals surface area contributed by atoms with Crippen molar-refractivity contribution in [1.29, 1.82) is 0 Å². The molecule has 1 atom stereocenters. The first kappa shape index (κ1) is 20.2. The molecule has 0 aliphatic carbocycles. The summed E-state index contributed by atoms with van der Waals surface area (Å²) >= 11 is 0. The number of unbranched alkanes of at least 4 members (excludes halogenated alkanes) is 6. The molecule has 0 aromatic heterocycles. The molecule has 0 heterocycles. The Labute approximate surface area is 132 Å². The summed E-state index contributed by atoms with van der Waals surface area (Å²) in [6.45, 7) is 11.8. The summed E-state index contributed by atoms with van der Waals surface area (Å²) in [6.07, 6.45) is 13.4. The van der Waals surface area contributed by atoms with Crippen molar-refractivity contribution in [3.8, 4) is 0 Å². The zero-order valence-electron chi connectivity index (χ0n) is 14.7. The fraction of sp³-hybridized carbons (Fsp3) is 0.842. The Bertz CT molecular complexity index is 276. The van der Waals surface area contributed by atoms with Gasteiger partial charge in [-0.05, 0) is 46.5 Å². The van der Waals surface area contributed by atoms with Gasteiger partial charge in [0.2, 0.25) is 0 Å². The summed E-state index contributed by atoms with van der Waals surface area (Å²) in [5.74, 6) is 0.0762. The number of rotatable bonds is 12. The molecule has 0 amide bonds. The fourth-order valence-electron chi connectivity index (χ4n) is 2.44. The topological polar surface area (TPSA) is 26.3 Å². The minimum Gasteiger partial charge on any atom is -0.460 e. The van der Waals surface area contributed by atoms with Gasteiger partial charge in [0.15, 0.2) is 0 Å². The monoisotopic (exact) mass is 296 g/mol. The summed E-state index contributed by atoms with van der Waals surface area (Å²) in [6, 6.07) is 0. The Morgan fingerprint density at radius 1 is 1.05 bits per heavy atom. The Morgan fingerprint density at radius 2 is 1.62 bits per heavy atom. The maximum atomic E-state index is 12.3. The summed E-state index contributed by atoms with van der Waals surface area (Å²) in [5, 5.41) is 0. The number of carbonyl (C=O) groups excluding carboxylic acids is 1. The minimum atomic E-state index is -0.376. The Balaban J connectivity index is 4.19. The SMILES string of the molecule is C=CCCCCC(CCCCCCC)C(=O)OC(C)(C)C. The van der Waals surface area contributed by atoms with E-state index in [0.29, 0.717) is 0 Å². The molecular weight excluding hydrogens is 260 g/mol. The molecule has 0 radical (unpaired) electrons. The lowest BCUT2D eigenvalue weighted by molar-refractivity contribution is -0.160. The van der Waals surface area contributed by atoms with Gasteiger partial charge in [-0.3, -0.25) is 4.79 Å². The van der Waals surface area contributed by atoms with Crippen LogP contribution in [0.25, 0.3) is 0 Å². The van der Waals surface area contributed by atoms with Crippen LogP contribution in [-0.4, -0.2) is 11.6 Å². The van der Waals surface area contributed by atoms with Gasteiger partial charge in [0, 0.05) is 0 Å². The van der Waals surface area contributed by atoms with Crippen molar-refractivity contribution in [3.05, 3.63) is 12.7 Å². The summed E-state index contributed by atoms with van der Waals surface area (Å²) in [7, 11) is 0. The van der Waals surface area contributed by atoms with Crippen LogP contribution in [-0.2, 0) is 9.53 Å². The highest BCUT2D eigenvalue weighted by Gasteiger charge is 2.24. The van der Waals surface area contributed by atoms with Gasteiger partial charge in [0.25, 0.3) is 0 Å². The van der Waals surface area contributed by atoms with E-state index < -0.39 is 0 Å². The molecule has 0 saturated carbocycles. The van der Waals surface area contributed by atoms with Gasteiger partial charge in [0.05, 0.1) is 5.92 Å². The lowest BCUT2D eigenvalue weighted by Gasteiger charge is -2.24. The Kier molecular flexibility index (Phi) is 11.4. The highest BCUT2D eigenvalue weighted by atomic mass is 16.6. The molecule has 0 spiro atoms. The van der Waals surface area contributed by atoms with Gasteiger partial charge < -0.3 is 4.74 Å². The van der Waals surface area contributed by atoms with E-state index in [9.17, 15) is 4.79 Å². The number of carbonyl (C=O) groups is 1. The molecule has 0 rings (SSSR count). The van der Waals surface area contributed by atoms with Crippen molar-refractivity contribution in [3.63, 3.8) is 0 Å². The van der Waals surface area contributed by atoms with E-state index in [2.05, 4.69) is 13.5 Å². The maximum absolute atomic E-state index is 12.3. The molecule has 0 aromatic carbocycles. The van der Waals surface area contributed by atoms with E-state index in [1.807, 2.05) is 26.8 Å². The van der Waals surface area contributed by atoms with Crippen LogP contribution >= 0.6 is 0 Å². The Hall–Kier alpha value is -0.790. The number of hydrogen-bond acceptors (Lipinski definition) is 2. The lowest BCUT2D eigenvalue weighted by Crippen LogP contribution is -2.28. The number of ether oxygens (including phenoxy) is 1. The van der Waals surface area contributed by atoms with Crippen LogP contribution in [0.2, 0.25) is 0 Å². The summed E-state index contributed by atoms with van der Waals surface area (Å²) < 4.78 is 5.58. The second-order valence-corrected chi connectivity index (χ2v) is 7.01. The van der Waals surface area contributed by atoms with E-state index in [1.54, 1.807) is 0 Å². The van der Waals surface area contributed by atoms with Gasteiger partial charge in [-0.15, -0.1) is 6.58 Å². The molecule has 2 nitrogen and oxygen atoms in total. The average molecular weight is 296 g/mol. The van der Waals surface area contributed by atoms with E-state index >= 15 is 0 Å². The third-order valence-corrected chi connectivity index (χ3v) is 3.61. The molecular formula is C19H36O2. The van der Waals surface area contributed by atoms with Crippen molar-refractivity contribution in [2.45, 2.75) is 97.5 Å². The zero-order chi connectivity index (χ0) is 16.1. The van der Waals surface area contributed by atoms with Crippen molar-refractivity contribution in [2.24, 2.45) is 5.92 Å². The predicted molar refractivity (Wildman–Crippen MR) is 91.4 cm³/mol. The molecule has 2 heteroatoms. The molecule has 0 aliphatic rings. The quantitative estimate of drug-likeness (QED) is 0.249. The van der Waals surface area contributed by atoms with Gasteiger partial charge in [-0.25, -0.2) is 0 Å². The third kappa shape index (κ3) is 12.6. The summed E-state index contributed by atoms with van der Waals surface area (Å²) in [5.41, 5.74) is -0.376. The molecule has 0 aliphatic heterocycles. The van der Waals surface area contributed by atoms with Gasteiger partial charge in [-0.1, -0.05) is 51.5 Å². The highest BCUT2D eigenvalue weighted by Crippen LogP contribution is 2.22. The standard InChI is InChI=1S/C19H36O2/c1-6-8-10-12-14-16-17(15-13-11-9-7-2)18(20)21-19(3,4)5/h7,17H,2,6,8-16H2,1,3-5H3. The fourth-order valence-corrected chi connectivity index (χ4v) is 2.44. The van der Waals surface area contributed by atoms with Crippen molar-refractivity contribution in [2.75, 3.05) is 0 Å². The van der Waals surface area contributed by atoms with Gasteiger partial charge >= 0.3 is 5.97 Å². The first-order chi connectivity index (χ1) is 9.90. The normalized spacial score (nSPS) is 13.0. The lowest BCUT2D eigenvalue weighted by atomic mass is 9.94. The number of allylic oxidation sites excluding steroid dienone is 1. The van der Waals surface area contributed by atoms with E-state index in [4.69, 9.17) is 4.74 Å². The van der Waals surface area contributed by atoms with Gasteiger partial charge in [0.1, 0.15) is 5.60 Å². The second kappa shape index (κ2) is 11.8. The highest BCUT2D eigenvalue weighted by molar-refractivity contribution is 5.72. The molecule has 124 valence electrons. The molecule has 0 saturated heterocycles. The largest absolute Gasteiger partial charge is 0.460 e. The Morgan fingerprint density at radius 3 is 2.14 bits per heavy atom. The number of hydrogen-bond donors (Lipinski definition) is 0. The molecule has 0 N–H and O–H groups in total. The smallest absolute Gasteiger partial charge is 0.309 e. The van der Waals surface area contributed by atoms with Crippen LogP contribution in [0.3, 0.4) is 0 Å². The maximum Gasteiger partial charge on any atom is 0.309 e. The predicted octanol–water partition coefficient (Wildman–Crippen LogP) is 6.05. The van der Waals surface area contributed by atoms with E-state index in [1.165, 1.54) is 25.7 Å². The molecule has 0 fully saturated rings. The summed E-state index contributed by atoms with van der Waals surface area (Å²) in [4.78, 5) is 12.3. The minimum absolute atomic E-state index is 0.00315. The van der Waals surface area contributed by atoms with Crippen LogP contribution < -0.4 is 0 Å². The first-order valence-corrected chi connectivity index (χ1v) is 8.74. The van der Waals surface area contributed by atoms with Crippen LogP contribution in [0.1, 0.15) is 91.9 Å². The van der Waals surface area contributed by atoms with Crippen molar-refractivity contribution in [1.82, 2.24) is 0 Å². The van der Waals surface area contributed by atoms with Gasteiger partial charge in [-0.2, -0.15) is 0 Å². The zero-order valence-corrected chi connectivity index (χ0v) is 14.7. The average Bonchev–Trinajstić information content (AvgIpc) is 2.38. The van der Waals surface area contributed by atoms with Crippen LogP contribution in [0, 0.1) is 5.92 Å².